The number of hydrogen-bond donors (Lipinski definition) is 1. The van der Waals surface area contributed by atoms with Crippen LogP contribution in [0.5, 0.6) is 0 Å². The van der Waals surface area contributed by atoms with Crippen LogP contribution in [0.2, 0.25) is 0 Å². The molecule has 3 aliphatic rings. The second kappa shape index (κ2) is 7.69. The highest BCUT2D eigenvalue weighted by atomic mass is 16.2. The van der Waals surface area contributed by atoms with Crippen molar-refractivity contribution in [3.8, 4) is 0 Å². The first-order valence-corrected chi connectivity index (χ1v) is 10.5. The van der Waals surface area contributed by atoms with Crippen molar-refractivity contribution in [2.75, 3.05) is 32.7 Å². The summed E-state index contributed by atoms with van der Waals surface area (Å²) in [7, 11) is 0. The van der Waals surface area contributed by atoms with Gasteiger partial charge in [0, 0.05) is 31.0 Å². The van der Waals surface area contributed by atoms with Crippen molar-refractivity contribution in [2.24, 2.45) is 0 Å². The van der Waals surface area contributed by atoms with Crippen molar-refractivity contribution >= 4 is 5.91 Å². The molecule has 0 aliphatic carbocycles. The highest BCUT2D eigenvalue weighted by Crippen LogP contribution is 2.42. The SMILES string of the molecule is CCCC(=O)N1Cc2ccccc2C2(CCN(C3CCNCC3)CC2)C1. The second-order valence-electron chi connectivity index (χ2n) is 8.45. The highest BCUT2D eigenvalue weighted by Gasteiger charge is 2.43. The Hall–Kier alpha value is -1.39. The van der Waals surface area contributed by atoms with Gasteiger partial charge < -0.3 is 15.1 Å². The molecular weight excluding hydrogens is 322 g/mol. The van der Waals surface area contributed by atoms with Gasteiger partial charge >= 0.3 is 0 Å². The van der Waals surface area contributed by atoms with Crippen LogP contribution in [0.25, 0.3) is 0 Å². The molecular formula is C22H33N3O. The fraction of sp³-hybridized carbons (Fsp3) is 0.682. The third-order valence-electron chi connectivity index (χ3n) is 6.84. The molecule has 2 fully saturated rings. The van der Waals surface area contributed by atoms with Crippen LogP contribution in [0.1, 0.15) is 56.6 Å². The molecule has 0 atom stereocenters. The van der Waals surface area contributed by atoms with Crippen molar-refractivity contribution < 1.29 is 4.79 Å². The molecule has 2 saturated heterocycles. The van der Waals surface area contributed by atoms with Gasteiger partial charge in [-0.2, -0.15) is 0 Å². The van der Waals surface area contributed by atoms with E-state index in [1.54, 1.807) is 0 Å². The van der Waals surface area contributed by atoms with Crippen LogP contribution < -0.4 is 5.32 Å². The molecule has 0 bridgehead atoms. The Morgan fingerprint density at radius 2 is 1.92 bits per heavy atom. The Morgan fingerprint density at radius 1 is 1.19 bits per heavy atom. The Balaban J connectivity index is 1.53. The molecule has 0 radical (unpaired) electrons. The average Bonchev–Trinajstić information content (AvgIpc) is 2.69. The number of carbonyl (C=O) groups is 1. The third kappa shape index (κ3) is 3.41. The molecule has 4 nitrogen and oxygen atoms in total. The summed E-state index contributed by atoms with van der Waals surface area (Å²) in [6.07, 6.45) is 6.55. The summed E-state index contributed by atoms with van der Waals surface area (Å²) < 4.78 is 0. The number of likely N-dealkylation sites (tertiary alicyclic amines) is 1. The smallest absolute Gasteiger partial charge is 0.222 e. The molecule has 0 aromatic heterocycles. The number of rotatable bonds is 3. The summed E-state index contributed by atoms with van der Waals surface area (Å²) in [6.45, 7) is 8.49. The minimum Gasteiger partial charge on any atom is -0.337 e. The van der Waals surface area contributed by atoms with Crippen LogP contribution in [0.15, 0.2) is 24.3 Å². The van der Waals surface area contributed by atoms with E-state index in [0.29, 0.717) is 12.3 Å². The van der Waals surface area contributed by atoms with Crippen LogP contribution in [0, 0.1) is 0 Å². The molecule has 1 aromatic carbocycles. The monoisotopic (exact) mass is 355 g/mol. The quantitative estimate of drug-likeness (QED) is 0.906. The molecule has 3 aliphatic heterocycles. The number of benzene rings is 1. The van der Waals surface area contributed by atoms with E-state index in [4.69, 9.17) is 0 Å². The van der Waals surface area contributed by atoms with Gasteiger partial charge in [-0.25, -0.2) is 0 Å². The van der Waals surface area contributed by atoms with Gasteiger partial charge in [0.25, 0.3) is 0 Å². The van der Waals surface area contributed by atoms with Gasteiger partial charge in [0.15, 0.2) is 0 Å². The van der Waals surface area contributed by atoms with E-state index in [1.165, 1.54) is 49.9 Å². The molecule has 4 rings (SSSR count). The van der Waals surface area contributed by atoms with Gasteiger partial charge in [0.1, 0.15) is 0 Å². The van der Waals surface area contributed by atoms with Gasteiger partial charge in [-0.3, -0.25) is 4.79 Å². The molecule has 4 heteroatoms. The molecule has 3 heterocycles. The minimum atomic E-state index is 0.168. The van der Waals surface area contributed by atoms with E-state index in [1.807, 2.05) is 0 Å². The van der Waals surface area contributed by atoms with E-state index in [0.717, 1.165) is 38.6 Å². The predicted molar refractivity (Wildman–Crippen MR) is 105 cm³/mol. The summed E-state index contributed by atoms with van der Waals surface area (Å²) in [5.74, 6) is 0.335. The largest absolute Gasteiger partial charge is 0.337 e. The first kappa shape index (κ1) is 18.0. The number of piperidine rings is 2. The summed E-state index contributed by atoms with van der Waals surface area (Å²) in [4.78, 5) is 17.5. The van der Waals surface area contributed by atoms with Gasteiger partial charge in [0.2, 0.25) is 5.91 Å². The maximum absolute atomic E-state index is 12.7. The van der Waals surface area contributed by atoms with E-state index in [2.05, 4.69) is 46.3 Å². The average molecular weight is 356 g/mol. The van der Waals surface area contributed by atoms with Crippen molar-refractivity contribution in [1.82, 2.24) is 15.1 Å². The Morgan fingerprint density at radius 3 is 2.65 bits per heavy atom. The fourth-order valence-electron chi connectivity index (χ4n) is 5.35. The zero-order chi connectivity index (χ0) is 18.0. The molecule has 1 amide bonds. The number of hydrogen-bond acceptors (Lipinski definition) is 3. The summed E-state index contributed by atoms with van der Waals surface area (Å²) in [5, 5.41) is 3.48. The molecule has 0 saturated carbocycles. The summed E-state index contributed by atoms with van der Waals surface area (Å²) in [5.41, 5.74) is 3.06. The normalized spacial score (nSPS) is 23.8. The van der Waals surface area contributed by atoms with Crippen LogP contribution in [0.3, 0.4) is 0 Å². The minimum absolute atomic E-state index is 0.168. The molecule has 142 valence electrons. The summed E-state index contributed by atoms with van der Waals surface area (Å²) in [6, 6.07) is 9.64. The van der Waals surface area contributed by atoms with Crippen molar-refractivity contribution in [1.29, 1.82) is 0 Å². The zero-order valence-corrected chi connectivity index (χ0v) is 16.2. The number of nitrogens with zero attached hydrogens (tertiary/aromatic N) is 2. The fourth-order valence-corrected chi connectivity index (χ4v) is 5.35. The number of carbonyl (C=O) groups excluding carboxylic acids is 1. The first-order valence-electron chi connectivity index (χ1n) is 10.5. The van der Waals surface area contributed by atoms with Gasteiger partial charge in [-0.1, -0.05) is 31.2 Å². The zero-order valence-electron chi connectivity index (χ0n) is 16.2. The van der Waals surface area contributed by atoms with Crippen LogP contribution >= 0.6 is 0 Å². The highest BCUT2D eigenvalue weighted by molar-refractivity contribution is 5.76. The molecule has 0 unspecified atom stereocenters. The lowest BCUT2D eigenvalue weighted by Crippen LogP contribution is -2.55. The molecule has 1 aromatic rings. The van der Waals surface area contributed by atoms with Crippen LogP contribution in [-0.4, -0.2) is 54.5 Å². The van der Waals surface area contributed by atoms with Gasteiger partial charge in [0.05, 0.1) is 0 Å². The number of nitrogens with one attached hydrogen (secondary N) is 1. The lowest BCUT2D eigenvalue weighted by atomic mass is 9.68. The standard InChI is InChI=1S/C22H33N3O/c1-2-5-21(26)25-16-18-6-3-4-7-20(18)22(17-25)10-14-24(15-11-22)19-8-12-23-13-9-19/h3-4,6-7,19,23H,2,5,8-17H2,1H3. The van der Waals surface area contributed by atoms with Crippen molar-refractivity contribution in [3.05, 3.63) is 35.4 Å². The molecule has 26 heavy (non-hydrogen) atoms. The maximum atomic E-state index is 12.7. The Bertz CT molecular complexity index is 630. The maximum Gasteiger partial charge on any atom is 0.222 e. The van der Waals surface area contributed by atoms with E-state index >= 15 is 0 Å². The molecule has 1 N–H and O–H groups in total. The lowest BCUT2D eigenvalue weighted by Gasteiger charge is -2.50. The van der Waals surface area contributed by atoms with Gasteiger partial charge in [-0.05, 0) is 69.4 Å². The Kier molecular flexibility index (Phi) is 5.32. The second-order valence-corrected chi connectivity index (χ2v) is 8.45. The number of amides is 1. The van der Waals surface area contributed by atoms with E-state index in [9.17, 15) is 4.79 Å². The van der Waals surface area contributed by atoms with Crippen LogP contribution in [0.4, 0.5) is 0 Å². The molecule has 1 spiro atoms. The predicted octanol–water partition coefficient (Wildman–Crippen LogP) is 2.91. The van der Waals surface area contributed by atoms with Crippen molar-refractivity contribution in [2.45, 2.75) is 63.5 Å². The van der Waals surface area contributed by atoms with E-state index in [-0.39, 0.29) is 5.41 Å². The number of fused-ring (bicyclic) bond motifs is 2. The first-order chi connectivity index (χ1) is 12.7. The van der Waals surface area contributed by atoms with Gasteiger partial charge in [-0.15, -0.1) is 0 Å². The topological polar surface area (TPSA) is 35.6 Å². The van der Waals surface area contributed by atoms with Crippen LogP contribution in [-0.2, 0) is 16.8 Å². The third-order valence-corrected chi connectivity index (χ3v) is 6.84. The Labute approximate surface area is 157 Å². The lowest BCUT2D eigenvalue weighted by molar-refractivity contribution is -0.133. The van der Waals surface area contributed by atoms with E-state index < -0.39 is 0 Å². The van der Waals surface area contributed by atoms with Crippen molar-refractivity contribution in [3.63, 3.8) is 0 Å². The summed E-state index contributed by atoms with van der Waals surface area (Å²) >= 11 is 0.